The summed E-state index contributed by atoms with van der Waals surface area (Å²) in [6, 6.07) is 0. The molecule has 3 aliphatic rings. The molecule has 0 bridgehead atoms. The molecular weight excluding hydrogens is 431 g/mol. The first-order valence-electron chi connectivity index (χ1n) is 9.98. The van der Waals surface area contributed by atoms with Crippen molar-refractivity contribution in [3.63, 3.8) is 0 Å². The number of carbonyl (C=O) groups excluding carboxylic acids is 1. The number of aliphatic carboxylic acids is 1. The van der Waals surface area contributed by atoms with Crippen LogP contribution in [-0.4, -0.2) is 66.5 Å². The fourth-order valence-corrected chi connectivity index (χ4v) is 4.60. The second-order valence-corrected chi connectivity index (χ2v) is 9.01. The summed E-state index contributed by atoms with van der Waals surface area (Å²) in [5, 5.41) is 12.1. The lowest BCUT2D eigenvalue weighted by atomic mass is 9.99. The van der Waals surface area contributed by atoms with Crippen LogP contribution < -0.4 is 5.32 Å². The second-order valence-electron chi connectivity index (χ2n) is 7.55. The first-order valence-corrected chi connectivity index (χ1v) is 11.3. The molecule has 6 nitrogen and oxygen atoms in total. The largest absolute Gasteiger partial charge is 0.481 e. The zero-order chi connectivity index (χ0) is 21.5. The predicted octanol–water partition coefficient (Wildman–Crippen LogP) is 3.08. The minimum Gasteiger partial charge on any atom is -0.481 e. The van der Waals surface area contributed by atoms with E-state index in [1.807, 2.05) is 6.08 Å². The van der Waals surface area contributed by atoms with E-state index in [0.717, 1.165) is 18.0 Å². The van der Waals surface area contributed by atoms with Crippen molar-refractivity contribution >= 4 is 35.2 Å². The van der Waals surface area contributed by atoms with E-state index in [9.17, 15) is 14.0 Å². The molecule has 3 rings (SSSR count). The molecule has 2 unspecified atom stereocenters. The van der Waals surface area contributed by atoms with Gasteiger partial charge >= 0.3 is 5.97 Å². The molecule has 0 aromatic heterocycles. The Bertz CT molecular complexity index is 783. The molecule has 1 aliphatic heterocycles. The number of morpholine rings is 1. The van der Waals surface area contributed by atoms with Crippen LogP contribution in [0.5, 0.6) is 0 Å². The molecule has 1 saturated heterocycles. The average molecular weight is 457 g/mol. The molecule has 1 fully saturated rings. The molecule has 0 saturated carbocycles. The van der Waals surface area contributed by atoms with Gasteiger partial charge in [-0.25, -0.2) is 4.39 Å². The number of hydrogen-bond donors (Lipinski definition) is 2. The normalized spacial score (nSPS) is 27.1. The summed E-state index contributed by atoms with van der Waals surface area (Å²) in [7, 11) is 0. The van der Waals surface area contributed by atoms with E-state index in [1.165, 1.54) is 17.8 Å². The predicted molar refractivity (Wildman–Crippen MR) is 116 cm³/mol. The summed E-state index contributed by atoms with van der Waals surface area (Å²) in [6.07, 6.45) is 9.57. The summed E-state index contributed by atoms with van der Waals surface area (Å²) in [5.41, 5.74) is 0. The maximum Gasteiger partial charge on any atom is 0.310 e. The third kappa shape index (κ3) is 6.97. The van der Waals surface area contributed by atoms with Crippen molar-refractivity contribution in [1.29, 1.82) is 0 Å². The quantitative estimate of drug-likeness (QED) is 0.584. The fraction of sp³-hybridized carbons (Fsp3) is 0.524. The summed E-state index contributed by atoms with van der Waals surface area (Å²) in [6.45, 7) is 3.30. The first-order chi connectivity index (χ1) is 14.4. The number of ether oxygens (including phenoxy) is 1. The second kappa shape index (κ2) is 11.1. The zero-order valence-electron chi connectivity index (χ0n) is 16.6. The van der Waals surface area contributed by atoms with Crippen molar-refractivity contribution in [2.45, 2.75) is 18.9 Å². The molecule has 1 heterocycles. The fourth-order valence-electron chi connectivity index (χ4n) is 3.55. The summed E-state index contributed by atoms with van der Waals surface area (Å²) in [4.78, 5) is 26.3. The van der Waals surface area contributed by atoms with Crippen molar-refractivity contribution in [1.82, 2.24) is 10.2 Å². The Kier molecular flexibility index (Phi) is 8.56. The lowest BCUT2D eigenvalue weighted by molar-refractivity contribution is -0.140. The molecule has 164 valence electrons. The van der Waals surface area contributed by atoms with Crippen LogP contribution in [0, 0.1) is 11.8 Å². The van der Waals surface area contributed by atoms with Crippen LogP contribution in [0.25, 0.3) is 0 Å². The van der Waals surface area contributed by atoms with Gasteiger partial charge in [-0.2, -0.15) is 0 Å². The maximum atomic E-state index is 13.4. The Morgan fingerprint density at radius 2 is 2.20 bits per heavy atom. The highest BCUT2D eigenvalue weighted by Gasteiger charge is 2.24. The number of carbonyl (C=O) groups is 2. The van der Waals surface area contributed by atoms with Crippen molar-refractivity contribution in [2.75, 3.05) is 38.5 Å². The van der Waals surface area contributed by atoms with Gasteiger partial charge in [-0.05, 0) is 24.8 Å². The Morgan fingerprint density at radius 1 is 1.37 bits per heavy atom. The Labute approximate surface area is 184 Å². The third-order valence-corrected chi connectivity index (χ3v) is 6.55. The molecule has 0 radical (unpaired) electrons. The topological polar surface area (TPSA) is 78.9 Å². The highest BCUT2D eigenvalue weighted by atomic mass is 35.5. The molecule has 3 atom stereocenters. The molecule has 1 amide bonds. The van der Waals surface area contributed by atoms with Crippen LogP contribution in [-0.2, 0) is 14.3 Å². The van der Waals surface area contributed by atoms with Gasteiger partial charge in [0.1, 0.15) is 5.83 Å². The Hall–Kier alpha value is -1.61. The minimum absolute atomic E-state index is 0.0852. The summed E-state index contributed by atoms with van der Waals surface area (Å²) in [5.74, 6) is -1.30. The number of allylic oxidation sites excluding steroid dienone is 5. The number of nitrogens with one attached hydrogen (secondary N) is 1. The number of thioether (sulfide) groups is 1. The number of hydrogen-bond acceptors (Lipinski definition) is 5. The van der Waals surface area contributed by atoms with Gasteiger partial charge in [-0.3, -0.25) is 14.5 Å². The van der Waals surface area contributed by atoms with Gasteiger partial charge in [0.05, 0.1) is 29.4 Å². The lowest BCUT2D eigenvalue weighted by Crippen LogP contribution is -2.48. The van der Waals surface area contributed by atoms with Crippen molar-refractivity contribution in [3.05, 3.63) is 46.1 Å². The zero-order valence-corrected chi connectivity index (χ0v) is 18.1. The smallest absolute Gasteiger partial charge is 0.310 e. The first kappa shape index (κ1) is 23.1. The van der Waals surface area contributed by atoms with E-state index in [4.69, 9.17) is 21.4 Å². The van der Waals surface area contributed by atoms with E-state index < -0.39 is 11.9 Å². The van der Waals surface area contributed by atoms with E-state index in [-0.39, 0.29) is 34.5 Å². The third-order valence-electron chi connectivity index (χ3n) is 5.21. The van der Waals surface area contributed by atoms with E-state index in [0.29, 0.717) is 32.5 Å². The molecule has 30 heavy (non-hydrogen) atoms. The highest BCUT2D eigenvalue weighted by molar-refractivity contribution is 8.03. The van der Waals surface area contributed by atoms with Crippen molar-refractivity contribution in [2.24, 2.45) is 11.8 Å². The standard InChI is InChI=1S/C21H26ClFN2O4S/c22-18-9-14(1-6-19(18)23)11-25-7-8-29-16(12-25)10-24-20(26)13-30-17-4-2-15(3-5-17)21(27)28/h2,4-6,9,14-16H,1,3,7-8,10-13H2,(H,24,26)(H,27,28)/t14?,15?,16-/m0/s1. The molecule has 0 aromatic rings. The summed E-state index contributed by atoms with van der Waals surface area (Å²) >= 11 is 7.28. The van der Waals surface area contributed by atoms with Crippen molar-refractivity contribution < 1.29 is 23.8 Å². The molecular formula is C21H26ClFN2O4S. The van der Waals surface area contributed by atoms with Gasteiger partial charge in [0.15, 0.2) is 0 Å². The van der Waals surface area contributed by atoms with E-state index in [1.54, 1.807) is 18.2 Å². The number of amides is 1. The van der Waals surface area contributed by atoms with Crippen LogP contribution in [0.1, 0.15) is 12.8 Å². The van der Waals surface area contributed by atoms with Crippen LogP contribution in [0.3, 0.4) is 0 Å². The Morgan fingerprint density at radius 3 is 2.90 bits per heavy atom. The molecule has 9 heteroatoms. The molecule has 0 aromatic carbocycles. The van der Waals surface area contributed by atoms with Gasteiger partial charge in [-0.15, -0.1) is 11.8 Å². The van der Waals surface area contributed by atoms with Gasteiger partial charge < -0.3 is 15.2 Å². The van der Waals surface area contributed by atoms with E-state index >= 15 is 0 Å². The number of nitrogens with zero attached hydrogens (tertiary/aromatic N) is 1. The van der Waals surface area contributed by atoms with Crippen LogP contribution in [0.15, 0.2) is 46.1 Å². The highest BCUT2D eigenvalue weighted by Crippen LogP contribution is 2.27. The van der Waals surface area contributed by atoms with Crippen LogP contribution in [0.4, 0.5) is 4.39 Å². The number of carboxylic acids is 1. The number of rotatable bonds is 8. The maximum absolute atomic E-state index is 13.4. The Balaban J connectivity index is 1.35. The lowest BCUT2D eigenvalue weighted by Gasteiger charge is -2.35. The number of carboxylic acid groups (broad SMARTS) is 1. The summed E-state index contributed by atoms with van der Waals surface area (Å²) < 4.78 is 19.1. The van der Waals surface area contributed by atoms with E-state index in [2.05, 4.69) is 10.2 Å². The molecule has 2 aliphatic carbocycles. The van der Waals surface area contributed by atoms with Gasteiger partial charge in [0, 0.05) is 31.1 Å². The average Bonchev–Trinajstić information content (AvgIpc) is 2.74. The molecule has 0 spiro atoms. The van der Waals surface area contributed by atoms with Crippen LogP contribution in [0.2, 0.25) is 0 Å². The monoisotopic (exact) mass is 456 g/mol. The molecule has 2 N–H and O–H groups in total. The van der Waals surface area contributed by atoms with Gasteiger partial charge in [0.25, 0.3) is 0 Å². The van der Waals surface area contributed by atoms with Gasteiger partial charge in [-0.1, -0.05) is 35.9 Å². The van der Waals surface area contributed by atoms with Crippen LogP contribution >= 0.6 is 23.4 Å². The minimum atomic E-state index is -0.836. The SMILES string of the molecule is O=C(CSC1=CCC(C(=O)O)C=C1)NC[C@H]1CN(CC2C=C(Cl)C(F)=CC2)CCO1. The van der Waals surface area contributed by atoms with Crippen molar-refractivity contribution in [3.8, 4) is 0 Å². The van der Waals surface area contributed by atoms with Gasteiger partial charge in [0.2, 0.25) is 5.91 Å². The number of halogens is 2.